The lowest BCUT2D eigenvalue weighted by Gasteiger charge is -2.14. The topological polar surface area (TPSA) is 55.3 Å². The first-order valence-electron chi connectivity index (χ1n) is 11.3. The van der Waals surface area contributed by atoms with Crippen LogP contribution in [0, 0.1) is 12.5 Å². The van der Waals surface area contributed by atoms with Gasteiger partial charge in [0.25, 0.3) is 0 Å². The minimum atomic E-state index is 0.172. The van der Waals surface area contributed by atoms with E-state index in [9.17, 15) is 5.11 Å². The Kier molecular flexibility index (Phi) is 5.57. The third-order valence-corrected chi connectivity index (χ3v) is 5.82. The molecule has 5 heteroatoms. The molecule has 0 aliphatic rings. The maximum Gasteiger partial charge on any atom is 0.212 e. The summed E-state index contributed by atoms with van der Waals surface area (Å²) in [6.07, 6.45) is 1.79. The van der Waals surface area contributed by atoms with Crippen molar-refractivity contribution in [2.75, 3.05) is 0 Å². The summed E-state index contributed by atoms with van der Waals surface area (Å²) in [7, 11) is 0. The zero-order chi connectivity index (χ0) is 23.7. The number of hydrogen-bond acceptors (Lipinski definition) is 3. The van der Waals surface area contributed by atoms with Crippen LogP contribution in [0.1, 0.15) is 13.8 Å². The molecule has 0 aliphatic heterocycles. The summed E-state index contributed by atoms with van der Waals surface area (Å²) < 4.78 is 2.08. The van der Waals surface area contributed by atoms with Crippen molar-refractivity contribution < 1.29 is 5.11 Å². The quantitative estimate of drug-likeness (QED) is 0.288. The lowest BCUT2D eigenvalue weighted by Crippen LogP contribution is -2.06. The summed E-state index contributed by atoms with van der Waals surface area (Å²) in [4.78, 5) is 13.3. The van der Waals surface area contributed by atoms with Crippen LogP contribution in [0.3, 0.4) is 0 Å². The molecule has 0 amide bonds. The summed E-state index contributed by atoms with van der Waals surface area (Å²) in [5, 5.41) is 10.6. The van der Waals surface area contributed by atoms with Crippen LogP contribution in [0.15, 0.2) is 85.1 Å². The van der Waals surface area contributed by atoms with Crippen molar-refractivity contribution >= 4 is 16.7 Å². The number of nitrogens with zero attached hydrogens (tertiary/aromatic N) is 4. The SMILES string of the molecule is [C-]#[N+]c1ccc(-c2cccc(-c3ccccn3)c2)c2nc(-c3ccccc3O)n(CC(C)C)c12. The van der Waals surface area contributed by atoms with Crippen LogP contribution in [-0.2, 0) is 6.54 Å². The first-order valence-corrected chi connectivity index (χ1v) is 11.3. The molecule has 0 radical (unpaired) electrons. The Morgan fingerprint density at radius 3 is 2.44 bits per heavy atom. The minimum absolute atomic E-state index is 0.172. The number of phenolic OH excluding ortho intramolecular Hbond substituents is 1. The van der Waals surface area contributed by atoms with E-state index in [0.29, 0.717) is 29.5 Å². The molecule has 166 valence electrons. The Hall–Kier alpha value is -4.43. The van der Waals surface area contributed by atoms with Gasteiger partial charge in [-0.15, -0.1) is 0 Å². The molecule has 3 aromatic carbocycles. The highest BCUT2D eigenvalue weighted by molar-refractivity contribution is 6.02. The van der Waals surface area contributed by atoms with Gasteiger partial charge in [0.2, 0.25) is 5.69 Å². The highest BCUT2D eigenvalue weighted by Crippen LogP contribution is 2.40. The lowest BCUT2D eigenvalue weighted by atomic mass is 9.99. The molecule has 5 nitrogen and oxygen atoms in total. The Morgan fingerprint density at radius 1 is 0.912 bits per heavy atom. The number of rotatable bonds is 5. The van der Waals surface area contributed by atoms with E-state index in [1.165, 1.54) is 0 Å². The normalized spacial score (nSPS) is 11.1. The molecule has 5 aromatic rings. The molecule has 0 spiro atoms. The van der Waals surface area contributed by atoms with Gasteiger partial charge in [0.05, 0.1) is 28.9 Å². The number of pyridine rings is 1. The van der Waals surface area contributed by atoms with Gasteiger partial charge < -0.3 is 9.67 Å². The predicted octanol–water partition coefficient (Wildman–Crippen LogP) is 7.34. The van der Waals surface area contributed by atoms with Crippen molar-refractivity contribution in [1.29, 1.82) is 0 Å². The minimum Gasteiger partial charge on any atom is -0.507 e. The van der Waals surface area contributed by atoms with E-state index in [2.05, 4.69) is 40.4 Å². The number of para-hydroxylation sites is 1. The van der Waals surface area contributed by atoms with Crippen LogP contribution < -0.4 is 0 Å². The van der Waals surface area contributed by atoms with Gasteiger partial charge in [0, 0.05) is 23.9 Å². The van der Waals surface area contributed by atoms with E-state index in [1.807, 2.05) is 54.6 Å². The van der Waals surface area contributed by atoms with Crippen molar-refractivity contribution in [3.05, 3.63) is 96.5 Å². The molecule has 0 saturated heterocycles. The number of aromatic nitrogens is 3. The fourth-order valence-corrected chi connectivity index (χ4v) is 4.33. The van der Waals surface area contributed by atoms with Gasteiger partial charge in [-0.3, -0.25) is 4.98 Å². The van der Waals surface area contributed by atoms with E-state index in [4.69, 9.17) is 11.6 Å². The first-order chi connectivity index (χ1) is 16.6. The molecule has 0 fully saturated rings. The first kappa shape index (κ1) is 21.4. The van der Waals surface area contributed by atoms with Gasteiger partial charge in [-0.1, -0.05) is 62.4 Å². The maximum atomic E-state index is 10.6. The van der Waals surface area contributed by atoms with Gasteiger partial charge in [-0.2, -0.15) is 0 Å². The molecule has 0 saturated carbocycles. The van der Waals surface area contributed by atoms with E-state index in [1.54, 1.807) is 18.3 Å². The van der Waals surface area contributed by atoms with E-state index < -0.39 is 0 Å². The smallest absolute Gasteiger partial charge is 0.212 e. The van der Waals surface area contributed by atoms with E-state index >= 15 is 0 Å². The third-order valence-electron chi connectivity index (χ3n) is 5.82. The molecule has 0 unspecified atom stereocenters. The van der Waals surface area contributed by atoms with Gasteiger partial charge in [-0.25, -0.2) is 9.83 Å². The third kappa shape index (κ3) is 3.80. The number of aromatic hydroxyl groups is 1. The van der Waals surface area contributed by atoms with Gasteiger partial charge in [-0.05, 0) is 41.8 Å². The molecule has 2 heterocycles. The standard InChI is InChI=1S/C29H24N4O/c1-19(2)18-33-28-25(30-3)15-14-22(27(28)32-29(33)23-11-4-5-13-26(23)34)20-9-8-10-21(17-20)24-12-6-7-16-31-24/h4-17,19,34H,18H2,1-2H3. The highest BCUT2D eigenvalue weighted by Gasteiger charge is 2.21. The summed E-state index contributed by atoms with van der Waals surface area (Å²) in [5.74, 6) is 1.17. The number of hydrogen-bond donors (Lipinski definition) is 1. The van der Waals surface area contributed by atoms with Crippen molar-refractivity contribution in [1.82, 2.24) is 14.5 Å². The maximum absolute atomic E-state index is 10.6. The van der Waals surface area contributed by atoms with Crippen LogP contribution in [0.2, 0.25) is 0 Å². The number of fused-ring (bicyclic) bond motifs is 1. The second-order valence-corrected chi connectivity index (χ2v) is 8.69. The Morgan fingerprint density at radius 2 is 1.71 bits per heavy atom. The molecule has 0 aliphatic carbocycles. The molecule has 0 atom stereocenters. The van der Waals surface area contributed by atoms with Crippen LogP contribution in [0.4, 0.5) is 5.69 Å². The van der Waals surface area contributed by atoms with Crippen molar-refractivity contribution in [3.8, 4) is 39.5 Å². The Balaban J connectivity index is 1.79. The van der Waals surface area contributed by atoms with Crippen molar-refractivity contribution in [2.24, 2.45) is 5.92 Å². The fraction of sp³-hybridized carbons (Fsp3) is 0.138. The van der Waals surface area contributed by atoms with Crippen LogP contribution in [0.25, 0.3) is 49.7 Å². The highest BCUT2D eigenvalue weighted by atomic mass is 16.3. The second kappa shape index (κ2) is 8.84. The van der Waals surface area contributed by atoms with E-state index in [0.717, 1.165) is 33.4 Å². The molecule has 2 aromatic heterocycles. The number of imidazole rings is 1. The van der Waals surface area contributed by atoms with E-state index in [-0.39, 0.29) is 5.75 Å². The van der Waals surface area contributed by atoms with Crippen LogP contribution in [-0.4, -0.2) is 19.6 Å². The summed E-state index contributed by atoms with van der Waals surface area (Å²) in [5.41, 5.74) is 6.62. The van der Waals surface area contributed by atoms with Crippen molar-refractivity contribution in [2.45, 2.75) is 20.4 Å². The zero-order valence-electron chi connectivity index (χ0n) is 19.1. The average Bonchev–Trinajstić information content (AvgIpc) is 3.23. The largest absolute Gasteiger partial charge is 0.507 e. The summed E-state index contributed by atoms with van der Waals surface area (Å²) in [6, 6.07) is 25.2. The lowest BCUT2D eigenvalue weighted by molar-refractivity contribution is 0.475. The summed E-state index contributed by atoms with van der Waals surface area (Å²) >= 11 is 0. The Labute approximate surface area is 198 Å². The molecule has 5 rings (SSSR count). The monoisotopic (exact) mass is 444 g/mol. The molecule has 34 heavy (non-hydrogen) atoms. The molecular weight excluding hydrogens is 420 g/mol. The summed E-state index contributed by atoms with van der Waals surface area (Å²) in [6.45, 7) is 12.8. The van der Waals surface area contributed by atoms with Crippen LogP contribution in [0.5, 0.6) is 5.75 Å². The zero-order valence-corrected chi connectivity index (χ0v) is 19.1. The second-order valence-electron chi connectivity index (χ2n) is 8.69. The van der Waals surface area contributed by atoms with Crippen molar-refractivity contribution in [3.63, 3.8) is 0 Å². The van der Waals surface area contributed by atoms with Gasteiger partial charge in [0.1, 0.15) is 11.6 Å². The van der Waals surface area contributed by atoms with Gasteiger partial charge in [0.15, 0.2) is 0 Å². The number of benzene rings is 3. The molecule has 1 N–H and O–H groups in total. The van der Waals surface area contributed by atoms with Gasteiger partial charge >= 0.3 is 0 Å². The molecule has 0 bridgehead atoms. The average molecular weight is 445 g/mol. The molecular formula is C29H24N4O. The predicted molar refractivity (Wildman–Crippen MR) is 137 cm³/mol. The Bertz CT molecular complexity index is 1530. The number of phenols is 1. The fourth-order valence-electron chi connectivity index (χ4n) is 4.33. The van der Waals surface area contributed by atoms with Crippen LogP contribution >= 0.6 is 0 Å².